The van der Waals surface area contributed by atoms with Gasteiger partial charge in [0.05, 0.1) is 24.8 Å². The van der Waals surface area contributed by atoms with Crippen molar-refractivity contribution in [2.75, 3.05) is 25.6 Å². The Hall–Kier alpha value is -2.24. The molecule has 0 aliphatic heterocycles. The van der Waals surface area contributed by atoms with E-state index in [0.29, 0.717) is 36.3 Å². The smallest absolute Gasteiger partial charge is 0.367 e. The molecule has 0 spiro atoms. The van der Waals surface area contributed by atoms with Crippen molar-refractivity contribution in [1.29, 1.82) is 10.8 Å². The summed E-state index contributed by atoms with van der Waals surface area (Å²) in [5.41, 5.74) is 11.4. The van der Waals surface area contributed by atoms with Crippen molar-refractivity contribution in [2.45, 2.75) is 4.34 Å². The lowest BCUT2D eigenvalue weighted by atomic mass is 10.2. The molecule has 0 aliphatic rings. The van der Waals surface area contributed by atoms with Gasteiger partial charge in [-0.05, 0) is 6.07 Å². The van der Waals surface area contributed by atoms with E-state index in [1.54, 1.807) is 22.9 Å². The summed E-state index contributed by atoms with van der Waals surface area (Å²) < 4.78 is 13.7. The van der Waals surface area contributed by atoms with Crippen LogP contribution in [0.2, 0.25) is 0 Å². The Morgan fingerprint density at radius 2 is 2.00 bits per heavy atom. The van der Waals surface area contributed by atoms with Gasteiger partial charge in [0, 0.05) is 5.75 Å². The number of amidine groups is 2. The van der Waals surface area contributed by atoms with Gasteiger partial charge in [-0.1, -0.05) is 23.1 Å². The number of nitrogen functional groups attached to an aromatic ring is 2. The summed E-state index contributed by atoms with van der Waals surface area (Å²) in [6.45, 7) is 1.44. The number of aromatic nitrogens is 3. The molecule has 0 saturated carbocycles. The highest BCUT2D eigenvalue weighted by Gasteiger charge is 2.10. The minimum atomic E-state index is -0.0674. The zero-order chi connectivity index (χ0) is 18.2. The minimum Gasteiger partial charge on any atom is -0.442 e. The van der Waals surface area contributed by atoms with Gasteiger partial charge in [0.2, 0.25) is 0 Å². The molecule has 0 radical (unpaired) electrons. The van der Waals surface area contributed by atoms with E-state index in [0.717, 1.165) is 10.1 Å². The molecule has 9 nitrogen and oxygen atoms in total. The molecule has 0 aromatic carbocycles. The van der Waals surface area contributed by atoms with Crippen molar-refractivity contribution in [3.05, 3.63) is 28.9 Å². The summed E-state index contributed by atoms with van der Waals surface area (Å²) >= 11 is 2.81. The Bertz CT molecular complexity index is 751. The largest absolute Gasteiger partial charge is 0.442 e. The fourth-order valence-electron chi connectivity index (χ4n) is 1.78. The highest BCUT2D eigenvalue weighted by Crippen LogP contribution is 2.21. The average molecular weight is 382 g/mol. The molecule has 6 N–H and O–H groups in total. The first-order valence-corrected chi connectivity index (χ1v) is 9.13. The van der Waals surface area contributed by atoms with Crippen LogP contribution in [0.3, 0.4) is 0 Å². The molecule has 25 heavy (non-hydrogen) atoms. The van der Waals surface area contributed by atoms with Crippen LogP contribution >= 0.6 is 23.1 Å². The first kappa shape index (κ1) is 19.1. The normalized spacial score (nSPS) is 10.6. The van der Waals surface area contributed by atoms with Gasteiger partial charge in [-0.2, -0.15) is 4.57 Å². The van der Waals surface area contributed by atoms with Crippen LogP contribution < -0.4 is 20.8 Å². The van der Waals surface area contributed by atoms with E-state index in [2.05, 4.69) is 10.2 Å². The number of pyridine rings is 1. The quantitative estimate of drug-likeness (QED) is 0.150. The zero-order valence-electron chi connectivity index (χ0n) is 13.7. The predicted octanol–water partition coefficient (Wildman–Crippen LogP) is 0.118. The summed E-state index contributed by atoms with van der Waals surface area (Å²) in [5.74, 6) is 1.36. The van der Waals surface area contributed by atoms with E-state index in [1.807, 2.05) is 7.05 Å². The van der Waals surface area contributed by atoms with E-state index < -0.39 is 0 Å². The molecule has 134 valence electrons. The van der Waals surface area contributed by atoms with Crippen molar-refractivity contribution >= 4 is 34.8 Å². The third kappa shape index (κ3) is 5.96. The molecule has 0 saturated heterocycles. The molecule has 0 fully saturated rings. The van der Waals surface area contributed by atoms with Gasteiger partial charge in [-0.3, -0.25) is 10.8 Å². The van der Waals surface area contributed by atoms with Gasteiger partial charge < -0.3 is 20.9 Å². The maximum Gasteiger partial charge on any atom is 0.367 e. The van der Waals surface area contributed by atoms with Crippen molar-refractivity contribution in [3.8, 4) is 5.88 Å². The molecule has 0 amide bonds. The summed E-state index contributed by atoms with van der Waals surface area (Å²) in [7, 11) is 1.83. The van der Waals surface area contributed by atoms with Crippen LogP contribution in [0, 0.1) is 10.8 Å². The van der Waals surface area contributed by atoms with E-state index in [1.165, 1.54) is 23.1 Å². The topological polar surface area (TPSA) is 148 Å². The SMILES string of the molecule is C[n+]1cc(C(=N)N)ccc1OCCOCCSc1nnc(C(=N)N)s1. The second-order valence-corrected chi connectivity index (χ2v) is 7.20. The molecule has 11 heteroatoms. The third-order valence-corrected chi connectivity index (χ3v) is 5.02. The summed E-state index contributed by atoms with van der Waals surface area (Å²) in [5, 5.41) is 22.9. The molecule has 0 unspecified atom stereocenters. The highest BCUT2D eigenvalue weighted by atomic mass is 32.2. The van der Waals surface area contributed by atoms with Crippen molar-refractivity contribution in [3.63, 3.8) is 0 Å². The Kier molecular flexibility index (Phi) is 7.10. The van der Waals surface area contributed by atoms with E-state index in [-0.39, 0.29) is 11.7 Å². The van der Waals surface area contributed by atoms with Gasteiger partial charge >= 0.3 is 5.88 Å². The van der Waals surface area contributed by atoms with Gasteiger partial charge in [-0.25, -0.2) is 0 Å². The number of hydrogen-bond acceptors (Lipinski definition) is 8. The van der Waals surface area contributed by atoms with E-state index >= 15 is 0 Å². The fourth-order valence-corrected chi connectivity index (χ4v) is 3.41. The molecule has 2 rings (SSSR count). The monoisotopic (exact) mass is 382 g/mol. The Labute approximate surface area is 153 Å². The Morgan fingerprint density at radius 1 is 1.20 bits per heavy atom. The van der Waals surface area contributed by atoms with Gasteiger partial charge in [0.15, 0.2) is 21.4 Å². The van der Waals surface area contributed by atoms with E-state index in [4.69, 9.17) is 31.8 Å². The van der Waals surface area contributed by atoms with Crippen molar-refractivity contribution < 1.29 is 14.0 Å². The number of aryl methyl sites for hydroxylation is 1. The number of nitrogens with zero attached hydrogens (tertiary/aromatic N) is 3. The average Bonchev–Trinajstić information content (AvgIpc) is 3.04. The first-order chi connectivity index (χ1) is 12.0. The maximum absolute atomic E-state index is 7.40. The molecular formula is C14H20N7O2S2+. The molecule has 0 aliphatic carbocycles. The standard InChI is InChI=1S/C14H20N7O2S2/c1-21-8-9(11(15)16)2-3-10(21)23-5-4-22-6-7-24-14-20-19-13(25-14)12(17)18/h2-3,8H,4-7H2,1H3,(H3,15,16)(H3,17,18)/q+1. The number of ether oxygens (including phenoxy) is 2. The zero-order valence-corrected chi connectivity index (χ0v) is 15.3. The summed E-state index contributed by atoms with van der Waals surface area (Å²) in [6, 6.07) is 3.52. The molecule has 0 bridgehead atoms. The van der Waals surface area contributed by atoms with Crippen LogP contribution in [0.5, 0.6) is 5.88 Å². The number of rotatable bonds is 10. The number of nitrogens with one attached hydrogen (secondary N) is 2. The van der Waals surface area contributed by atoms with Crippen molar-refractivity contribution in [2.24, 2.45) is 18.5 Å². The first-order valence-electron chi connectivity index (χ1n) is 7.32. The van der Waals surface area contributed by atoms with Gasteiger partial charge in [0.25, 0.3) is 0 Å². The maximum atomic E-state index is 7.40. The molecule has 2 aromatic rings. The van der Waals surface area contributed by atoms with Crippen molar-refractivity contribution in [1.82, 2.24) is 10.2 Å². The number of thioether (sulfide) groups is 1. The summed E-state index contributed by atoms with van der Waals surface area (Å²) in [6.07, 6.45) is 1.74. The predicted molar refractivity (Wildman–Crippen MR) is 96.6 cm³/mol. The number of nitrogens with two attached hydrogens (primary N) is 2. The van der Waals surface area contributed by atoms with Crippen LogP contribution in [0.15, 0.2) is 22.7 Å². The van der Waals surface area contributed by atoms with Crippen LogP contribution in [-0.2, 0) is 11.8 Å². The van der Waals surface area contributed by atoms with Crippen LogP contribution in [0.4, 0.5) is 0 Å². The second kappa shape index (κ2) is 9.30. The third-order valence-electron chi connectivity index (χ3n) is 2.96. The van der Waals surface area contributed by atoms with E-state index in [9.17, 15) is 0 Å². The molecule has 0 atom stereocenters. The highest BCUT2D eigenvalue weighted by molar-refractivity contribution is 8.01. The summed E-state index contributed by atoms with van der Waals surface area (Å²) in [4.78, 5) is 0. The lowest BCUT2D eigenvalue weighted by Crippen LogP contribution is -2.33. The number of hydrogen-bond donors (Lipinski definition) is 4. The van der Waals surface area contributed by atoms with Gasteiger partial charge in [-0.15, -0.1) is 10.2 Å². The Balaban J connectivity index is 1.62. The molecule has 2 aromatic heterocycles. The fraction of sp³-hybridized carbons (Fsp3) is 0.357. The molecule has 2 heterocycles. The lowest BCUT2D eigenvalue weighted by molar-refractivity contribution is -0.677. The van der Waals surface area contributed by atoms with Crippen LogP contribution in [0.1, 0.15) is 10.6 Å². The van der Waals surface area contributed by atoms with Crippen LogP contribution in [0.25, 0.3) is 0 Å². The molecular weight excluding hydrogens is 362 g/mol. The van der Waals surface area contributed by atoms with Gasteiger partial charge in [0.1, 0.15) is 19.5 Å². The van der Waals surface area contributed by atoms with Crippen LogP contribution in [-0.4, -0.2) is 47.4 Å². The second-order valence-electron chi connectivity index (χ2n) is 4.88. The lowest BCUT2D eigenvalue weighted by Gasteiger charge is -2.06. The minimum absolute atomic E-state index is 0.0221. The Morgan fingerprint density at radius 3 is 2.64 bits per heavy atom.